The minimum absolute atomic E-state index is 0.00234. The number of ether oxygens (including phenoxy) is 2. The van der Waals surface area contributed by atoms with Gasteiger partial charge in [-0.25, -0.2) is 14.5 Å². The first-order valence-electron chi connectivity index (χ1n) is 17.9. The van der Waals surface area contributed by atoms with Crippen LogP contribution in [0.15, 0.2) is 55.1 Å². The standard InChI is InChI=1S/C38H45N9O4/c1-37(2,49)23-44-11-9-38(25-44)8-10-43(24-38)12-13-51-31-15-32(35-28(16-39)19-42-46(35)22-31)26-4-6-33(40-17-26)45-20-29-14-30(21-45)47(29)36(48)27-5-7-34(50-3)41-18-27/h4-7,15,17-19,22,29-30,49H,8-14,20-21,23-25H2,1-3H3. The van der Waals surface area contributed by atoms with Gasteiger partial charge in [0.15, 0.2) is 0 Å². The molecular weight excluding hydrogens is 646 g/mol. The monoisotopic (exact) mass is 691 g/mol. The average Bonchev–Trinajstić information content (AvgIpc) is 3.85. The average molecular weight is 692 g/mol. The van der Waals surface area contributed by atoms with Gasteiger partial charge in [0.25, 0.3) is 5.91 Å². The zero-order valence-corrected chi connectivity index (χ0v) is 29.5. The van der Waals surface area contributed by atoms with Gasteiger partial charge in [0, 0.05) is 68.9 Å². The Hall–Kier alpha value is -4.77. The number of piperidine rings is 1. The van der Waals surface area contributed by atoms with Crippen LogP contribution in [0.4, 0.5) is 5.82 Å². The number of nitrogens with zero attached hydrogens (tertiary/aromatic N) is 9. The van der Waals surface area contributed by atoms with Gasteiger partial charge in [-0.05, 0) is 75.9 Å². The molecule has 4 aromatic heterocycles. The molecule has 3 unspecified atom stereocenters. The fourth-order valence-electron chi connectivity index (χ4n) is 8.67. The number of carbonyl (C=O) groups excluding carboxylic acids is 1. The largest absolute Gasteiger partial charge is 0.491 e. The number of carbonyl (C=O) groups is 1. The molecule has 9 rings (SSSR count). The van der Waals surface area contributed by atoms with Gasteiger partial charge in [-0.1, -0.05) is 0 Å². The van der Waals surface area contributed by atoms with E-state index in [-0.39, 0.29) is 18.0 Å². The smallest absolute Gasteiger partial charge is 0.256 e. The van der Waals surface area contributed by atoms with Crippen molar-refractivity contribution in [2.75, 3.05) is 71.0 Å². The maximum absolute atomic E-state index is 13.2. The SMILES string of the molecule is COc1ccc(C(=O)N2C3CC2CN(c2ccc(-c4cc(OCCN5CCC6(CCN(CC(C)(C)O)C6)C5)cn5ncc(C#N)c45)cn2)C3)cn1. The highest BCUT2D eigenvalue weighted by Crippen LogP contribution is 2.40. The van der Waals surface area contributed by atoms with Crippen LogP contribution in [0, 0.1) is 16.7 Å². The van der Waals surface area contributed by atoms with E-state index >= 15 is 0 Å². The summed E-state index contributed by atoms with van der Waals surface area (Å²) in [7, 11) is 1.56. The number of anilines is 1. The summed E-state index contributed by atoms with van der Waals surface area (Å²) >= 11 is 0. The Balaban J connectivity index is 0.916. The summed E-state index contributed by atoms with van der Waals surface area (Å²) in [6.45, 7) is 11.5. The summed E-state index contributed by atoms with van der Waals surface area (Å²) < 4.78 is 13.2. The first-order chi connectivity index (χ1) is 24.6. The van der Waals surface area contributed by atoms with Crippen LogP contribution in [-0.4, -0.2) is 129 Å². The predicted octanol–water partition coefficient (Wildman–Crippen LogP) is 3.32. The fraction of sp³-hybridized carbons (Fsp3) is 0.500. The van der Waals surface area contributed by atoms with Gasteiger partial charge >= 0.3 is 0 Å². The quantitative estimate of drug-likeness (QED) is 0.263. The van der Waals surface area contributed by atoms with E-state index in [2.05, 4.69) is 30.9 Å². The van der Waals surface area contributed by atoms with Crippen molar-refractivity contribution >= 4 is 17.2 Å². The number of rotatable bonds is 10. The summed E-state index contributed by atoms with van der Waals surface area (Å²) in [6.07, 6.45) is 10.2. The van der Waals surface area contributed by atoms with Crippen LogP contribution in [0.25, 0.3) is 16.6 Å². The van der Waals surface area contributed by atoms with Gasteiger partial charge in [0.1, 0.15) is 24.2 Å². The highest BCUT2D eigenvalue weighted by molar-refractivity contribution is 5.95. The second-order valence-electron chi connectivity index (χ2n) is 15.4. The number of methoxy groups -OCH3 is 1. The Morgan fingerprint density at radius 2 is 1.84 bits per heavy atom. The molecule has 0 saturated carbocycles. The van der Waals surface area contributed by atoms with Gasteiger partial charge < -0.3 is 24.4 Å². The minimum Gasteiger partial charge on any atom is -0.491 e. The molecule has 1 spiro atoms. The van der Waals surface area contributed by atoms with Crippen molar-refractivity contribution in [3.05, 3.63) is 66.2 Å². The first kappa shape index (κ1) is 33.4. The molecule has 9 heterocycles. The van der Waals surface area contributed by atoms with Crippen molar-refractivity contribution in [2.45, 2.75) is 50.8 Å². The van der Waals surface area contributed by atoms with Gasteiger partial charge in [-0.2, -0.15) is 10.4 Å². The van der Waals surface area contributed by atoms with Crippen molar-refractivity contribution in [1.82, 2.24) is 34.3 Å². The van der Waals surface area contributed by atoms with Crippen molar-refractivity contribution in [3.8, 4) is 28.8 Å². The van der Waals surface area contributed by atoms with Crippen molar-refractivity contribution in [2.24, 2.45) is 5.41 Å². The lowest BCUT2D eigenvalue weighted by Gasteiger charge is -2.56. The van der Waals surface area contributed by atoms with E-state index in [1.807, 2.05) is 49.3 Å². The molecule has 0 aliphatic carbocycles. The summed E-state index contributed by atoms with van der Waals surface area (Å²) in [5.41, 5.74) is 3.12. The van der Waals surface area contributed by atoms with Crippen LogP contribution in [0.3, 0.4) is 0 Å². The summed E-state index contributed by atoms with van der Waals surface area (Å²) in [6, 6.07) is 12.0. The molecule has 0 radical (unpaired) electrons. The van der Waals surface area contributed by atoms with Gasteiger partial charge in [0.05, 0.1) is 53.8 Å². The van der Waals surface area contributed by atoms with Crippen LogP contribution in [0.1, 0.15) is 49.0 Å². The molecule has 1 N–H and O–H groups in total. The third-order valence-electron chi connectivity index (χ3n) is 11.0. The van der Waals surface area contributed by atoms with Crippen LogP contribution >= 0.6 is 0 Å². The molecule has 51 heavy (non-hydrogen) atoms. The molecule has 5 aliphatic rings. The highest BCUT2D eigenvalue weighted by Gasteiger charge is 2.48. The Bertz CT molecular complexity index is 1940. The third-order valence-corrected chi connectivity index (χ3v) is 11.0. The van der Waals surface area contributed by atoms with E-state index in [0.717, 1.165) is 61.6 Å². The number of likely N-dealkylation sites (tertiary alicyclic amines) is 2. The maximum Gasteiger partial charge on any atom is 0.256 e. The number of fused-ring (bicyclic) bond motifs is 3. The van der Waals surface area contributed by atoms with Crippen molar-refractivity contribution in [3.63, 3.8) is 0 Å². The lowest BCUT2D eigenvalue weighted by molar-refractivity contribution is 0.00571. The number of aromatic nitrogens is 4. The highest BCUT2D eigenvalue weighted by atomic mass is 16.5. The number of β-amino-alcohol motifs (C(OH)–C–C–N with tert-alkyl or cyclic N) is 1. The molecular formula is C38H45N9O4. The number of piperazine rings is 1. The van der Waals surface area contributed by atoms with E-state index < -0.39 is 5.60 Å². The Morgan fingerprint density at radius 3 is 2.53 bits per heavy atom. The van der Waals surface area contributed by atoms with Gasteiger partial charge in [-0.15, -0.1) is 0 Å². The fourth-order valence-corrected chi connectivity index (χ4v) is 8.67. The van der Waals surface area contributed by atoms with Crippen LogP contribution in [0.5, 0.6) is 11.6 Å². The predicted molar refractivity (Wildman–Crippen MR) is 191 cm³/mol. The Morgan fingerprint density at radius 1 is 1.06 bits per heavy atom. The second kappa shape index (κ2) is 13.1. The Kier molecular flexibility index (Phi) is 8.56. The van der Waals surface area contributed by atoms with Crippen LogP contribution in [0.2, 0.25) is 0 Å². The summed E-state index contributed by atoms with van der Waals surface area (Å²) in [5.74, 6) is 2.04. The number of nitriles is 1. The van der Waals surface area contributed by atoms with E-state index in [9.17, 15) is 15.2 Å². The zero-order chi connectivity index (χ0) is 35.3. The van der Waals surface area contributed by atoms with Crippen molar-refractivity contribution in [1.29, 1.82) is 5.26 Å². The third kappa shape index (κ3) is 6.59. The zero-order valence-electron chi connectivity index (χ0n) is 29.5. The molecule has 5 fully saturated rings. The number of hydrogen-bond acceptors (Lipinski definition) is 11. The number of pyridine rings is 3. The molecule has 4 aromatic rings. The Labute approximate surface area is 298 Å². The molecule has 1 amide bonds. The molecule has 5 saturated heterocycles. The lowest BCUT2D eigenvalue weighted by atomic mass is 9.86. The summed E-state index contributed by atoms with van der Waals surface area (Å²) in [5, 5.41) is 24.6. The van der Waals surface area contributed by atoms with E-state index in [1.54, 1.807) is 36.2 Å². The van der Waals surface area contributed by atoms with Crippen LogP contribution in [-0.2, 0) is 0 Å². The normalized spacial score (nSPS) is 23.5. The second-order valence-corrected chi connectivity index (χ2v) is 15.4. The topological polar surface area (TPSA) is 136 Å². The lowest BCUT2D eigenvalue weighted by Crippen LogP contribution is -2.70. The molecule has 266 valence electrons. The molecule has 2 bridgehead atoms. The minimum atomic E-state index is -0.672. The van der Waals surface area contributed by atoms with E-state index in [0.29, 0.717) is 54.4 Å². The first-order valence-corrected chi connectivity index (χ1v) is 17.9. The van der Waals surface area contributed by atoms with Crippen molar-refractivity contribution < 1.29 is 19.4 Å². The number of amides is 1. The van der Waals surface area contributed by atoms with Gasteiger partial charge in [0.2, 0.25) is 5.88 Å². The number of hydrogen-bond donors (Lipinski definition) is 1. The number of aliphatic hydroxyl groups is 1. The maximum atomic E-state index is 13.2. The molecule has 13 heteroatoms. The van der Waals surface area contributed by atoms with E-state index in [1.165, 1.54) is 12.8 Å². The molecule has 3 atom stereocenters. The summed E-state index contributed by atoms with van der Waals surface area (Å²) in [4.78, 5) is 31.4. The molecule has 0 aromatic carbocycles. The van der Waals surface area contributed by atoms with E-state index in [4.69, 9.17) is 14.5 Å². The molecule has 5 aliphatic heterocycles. The molecule has 13 nitrogen and oxygen atoms in total. The van der Waals surface area contributed by atoms with Gasteiger partial charge in [-0.3, -0.25) is 14.6 Å². The van der Waals surface area contributed by atoms with Crippen LogP contribution < -0.4 is 14.4 Å².